The molecule has 3 aromatic rings. The lowest BCUT2D eigenvalue weighted by atomic mass is 9.95. The maximum atomic E-state index is 13.2. The third kappa shape index (κ3) is 4.36. The van der Waals surface area contributed by atoms with Crippen LogP contribution in [0, 0.1) is 0 Å². The Bertz CT molecular complexity index is 1360. The number of benzene rings is 1. The Morgan fingerprint density at radius 3 is 2.47 bits per heavy atom. The molecule has 0 atom stereocenters. The number of carbonyl (C=O) groups is 3. The Morgan fingerprint density at radius 2 is 1.79 bits per heavy atom. The number of carbonyl (C=O) groups excluding carboxylic acids is 2. The van der Waals surface area contributed by atoms with Crippen LogP contribution in [0.25, 0.3) is 11.0 Å². The number of rotatable bonds is 7. The van der Waals surface area contributed by atoms with E-state index in [-0.39, 0.29) is 5.76 Å². The molecule has 1 amide bonds. The molecular weight excluding hydrogens is 446 g/mol. The topological polar surface area (TPSA) is 161 Å². The first kappa shape index (κ1) is 23.0. The quantitative estimate of drug-likeness (QED) is 0.440. The van der Waals surface area contributed by atoms with Crippen molar-refractivity contribution in [2.45, 2.75) is 44.7 Å². The van der Waals surface area contributed by atoms with Crippen molar-refractivity contribution >= 4 is 28.6 Å². The smallest absolute Gasteiger partial charge is 0.334 e. The Kier molecular flexibility index (Phi) is 6.35. The minimum absolute atomic E-state index is 0.0679. The molecule has 11 heteroatoms. The van der Waals surface area contributed by atoms with E-state index in [2.05, 4.69) is 0 Å². The zero-order valence-electron chi connectivity index (χ0n) is 18.2. The normalized spacial score (nSPS) is 14.2. The second-order valence-electron chi connectivity index (χ2n) is 8.18. The second-order valence-corrected chi connectivity index (χ2v) is 8.18. The summed E-state index contributed by atoms with van der Waals surface area (Å²) in [4.78, 5) is 62.7. The van der Waals surface area contributed by atoms with E-state index in [0.717, 1.165) is 23.8 Å². The van der Waals surface area contributed by atoms with Gasteiger partial charge in [0, 0.05) is 11.4 Å². The lowest BCUT2D eigenvalue weighted by Crippen LogP contribution is -2.47. The molecule has 1 aliphatic rings. The van der Waals surface area contributed by atoms with Crippen LogP contribution < -0.4 is 16.6 Å². The number of hydrogen-bond donors (Lipinski definition) is 3. The highest BCUT2D eigenvalue weighted by Crippen LogP contribution is 2.30. The molecule has 3 N–H and O–H groups in total. The average molecular weight is 469 g/mol. The molecule has 2 heterocycles. The number of aromatic hydroxyl groups is 1. The number of para-hydroxylation sites is 1. The number of aromatic nitrogens is 2. The standard InChI is InChI=1S/C23H23N3O8/c27-15(17-10-13-6-4-5-9-16(13)34-17)12-25-21(31)19(20(30)24-11-18(28)29)22(32)26(23(25)33)14-7-2-1-3-8-14/h4-6,9-10,14,32H,1-3,7-8,11-12H2,(H,24,30)(H,28,29). The maximum absolute atomic E-state index is 13.2. The summed E-state index contributed by atoms with van der Waals surface area (Å²) in [5, 5.41) is 22.3. The lowest BCUT2D eigenvalue weighted by molar-refractivity contribution is -0.135. The highest BCUT2D eigenvalue weighted by atomic mass is 16.4. The number of carboxylic acids is 1. The number of nitrogens with zero attached hydrogens (tertiary/aromatic N) is 2. The van der Waals surface area contributed by atoms with Gasteiger partial charge in [-0.1, -0.05) is 37.5 Å². The van der Waals surface area contributed by atoms with Gasteiger partial charge in [0.2, 0.25) is 11.7 Å². The fraction of sp³-hybridized carbons (Fsp3) is 0.348. The highest BCUT2D eigenvalue weighted by Gasteiger charge is 2.30. The summed E-state index contributed by atoms with van der Waals surface area (Å²) in [6.07, 6.45) is 3.60. The van der Waals surface area contributed by atoms with Crippen molar-refractivity contribution in [1.29, 1.82) is 0 Å². The van der Waals surface area contributed by atoms with Gasteiger partial charge in [0.05, 0.1) is 6.54 Å². The van der Waals surface area contributed by atoms with Crippen molar-refractivity contribution in [3.63, 3.8) is 0 Å². The van der Waals surface area contributed by atoms with Gasteiger partial charge in [-0.3, -0.25) is 28.3 Å². The van der Waals surface area contributed by atoms with E-state index >= 15 is 0 Å². The summed E-state index contributed by atoms with van der Waals surface area (Å²) in [6.45, 7) is -1.51. The van der Waals surface area contributed by atoms with Gasteiger partial charge in [-0.15, -0.1) is 0 Å². The van der Waals surface area contributed by atoms with E-state index < -0.39 is 59.5 Å². The number of fused-ring (bicyclic) bond motifs is 1. The predicted octanol–water partition coefficient (Wildman–Crippen LogP) is 1.66. The number of ketones is 1. The summed E-state index contributed by atoms with van der Waals surface area (Å²) in [7, 11) is 0. The third-order valence-corrected chi connectivity index (χ3v) is 5.92. The van der Waals surface area contributed by atoms with Crippen LogP contribution in [0.1, 0.15) is 59.1 Å². The zero-order valence-corrected chi connectivity index (χ0v) is 18.2. The molecule has 4 rings (SSSR count). The minimum Gasteiger partial charge on any atom is -0.494 e. The second kappa shape index (κ2) is 9.38. The van der Waals surface area contributed by atoms with Crippen LogP contribution in [-0.2, 0) is 11.3 Å². The van der Waals surface area contributed by atoms with E-state index in [9.17, 15) is 29.1 Å². The van der Waals surface area contributed by atoms with Crippen LogP contribution in [-0.4, -0.2) is 43.6 Å². The molecule has 34 heavy (non-hydrogen) atoms. The largest absolute Gasteiger partial charge is 0.494 e. The lowest BCUT2D eigenvalue weighted by Gasteiger charge is -2.26. The summed E-state index contributed by atoms with van der Waals surface area (Å²) >= 11 is 0. The van der Waals surface area contributed by atoms with Gasteiger partial charge in [0.25, 0.3) is 11.5 Å². The van der Waals surface area contributed by atoms with Crippen molar-refractivity contribution in [2.24, 2.45) is 0 Å². The van der Waals surface area contributed by atoms with E-state index in [1.54, 1.807) is 24.3 Å². The van der Waals surface area contributed by atoms with Gasteiger partial charge >= 0.3 is 11.7 Å². The number of Topliss-reactive ketones (excluding diaryl/α,β-unsaturated/α-hetero) is 1. The van der Waals surface area contributed by atoms with Gasteiger partial charge in [-0.2, -0.15) is 0 Å². The van der Waals surface area contributed by atoms with Crippen LogP contribution >= 0.6 is 0 Å². The third-order valence-electron chi connectivity index (χ3n) is 5.92. The van der Waals surface area contributed by atoms with Crippen molar-refractivity contribution in [3.8, 4) is 5.88 Å². The number of nitrogens with one attached hydrogen (secondary N) is 1. The first-order valence-corrected chi connectivity index (χ1v) is 10.9. The molecule has 0 saturated heterocycles. The monoisotopic (exact) mass is 469 g/mol. The van der Waals surface area contributed by atoms with E-state index in [1.807, 2.05) is 5.32 Å². The first-order valence-electron chi connectivity index (χ1n) is 10.9. The summed E-state index contributed by atoms with van der Waals surface area (Å²) in [5.41, 5.74) is -2.45. The van der Waals surface area contributed by atoms with E-state index in [1.165, 1.54) is 6.07 Å². The molecule has 0 unspecified atom stereocenters. The minimum atomic E-state index is -1.35. The average Bonchev–Trinajstić information content (AvgIpc) is 3.25. The Hall–Kier alpha value is -4.15. The van der Waals surface area contributed by atoms with Crippen LogP contribution in [0.2, 0.25) is 0 Å². The number of furan rings is 1. The summed E-state index contributed by atoms with van der Waals surface area (Å²) in [6, 6.07) is 7.92. The number of hydrogen-bond acceptors (Lipinski definition) is 7. The molecule has 178 valence electrons. The van der Waals surface area contributed by atoms with Crippen LogP contribution in [0.5, 0.6) is 5.88 Å². The molecule has 1 aromatic carbocycles. The van der Waals surface area contributed by atoms with Crippen LogP contribution in [0.4, 0.5) is 0 Å². The molecule has 0 radical (unpaired) electrons. The van der Waals surface area contributed by atoms with Crippen LogP contribution in [0.3, 0.4) is 0 Å². The van der Waals surface area contributed by atoms with Gasteiger partial charge < -0.3 is 19.9 Å². The van der Waals surface area contributed by atoms with Gasteiger partial charge in [-0.05, 0) is 25.0 Å². The Balaban J connectivity index is 1.79. The summed E-state index contributed by atoms with van der Waals surface area (Å²) in [5.74, 6) is -4.08. The molecule has 1 fully saturated rings. The fourth-order valence-electron chi connectivity index (χ4n) is 4.25. The Labute approximate surface area is 192 Å². The summed E-state index contributed by atoms with van der Waals surface area (Å²) < 4.78 is 7.07. The first-order chi connectivity index (χ1) is 16.3. The fourth-order valence-corrected chi connectivity index (χ4v) is 4.25. The molecule has 2 aromatic heterocycles. The zero-order chi connectivity index (χ0) is 24.4. The van der Waals surface area contributed by atoms with Crippen molar-refractivity contribution < 1.29 is 29.0 Å². The SMILES string of the molecule is O=C(O)CNC(=O)c1c(O)n(C2CCCCC2)c(=O)n(CC(=O)c2cc3ccccc3o2)c1=O. The molecule has 1 saturated carbocycles. The molecule has 0 aliphatic heterocycles. The van der Waals surface area contributed by atoms with Crippen molar-refractivity contribution in [1.82, 2.24) is 14.5 Å². The van der Waals surface area contributed by atoms with Crippen molar-refractivity contribution in [2.75, 3.05) is 6.54 Å². The van der Waals surface area contributed by atoms with Crippen LogP contribution in [0.15, 0.2) is 44.3 Å². The maximum Gasteiger partial charge on any atom is 0.334 e. The van der Waals surface area contributed by atoms with E-state index in [0.29, 0.717) is 28.4 Å². The van der Waals surface area contributed by atoms with Gasteiger partial charge in [0.15, 0.2) is 11.3 Å². The number of amides is 1. The van der Waals surface area contributed by atoms with Gasteiger partial charge in [-0.25, -0.2) is 4.79 Å². The molecule has 0 bridgehead atoms. The van der Waals surface area contributed by atoms with E-state index in [4.69, 9.17) is 9.52 Å². The number of carboxylic acid groups (broad SMARTS) is 1. The highest BCUT2D eigenvalue weighted by molar-refractivity contribution is 5.98. The van der Waals surface area contributed by atoms with Gasteiger partial charge in [0.1, 0.15) is 12.1 Å². The molecule has 1 aliphatic carbocycles. The molecule has 0 spiro atoms. The van der Waals surface area contributed by atoms with Crippen molar-refractivity contribution in [3.05, 3.63) is 62.5 Å². The molecule has 11 nitrogen and oxygen atoms in total. The predicted molar refractivity (Wildman–Crippen MR) is 119 cm³/mol. The molecular formula is C23H23N3O8. The number of aliphatic carboxylic acids is 1. The Morgan fingerprint density at radius 1 is 1.09 bits per heavy atom.